The Morgan fingerprint density at radius 3 is 2.17 bits per heavy atom. The largest absolute Gasteiger partial charge is 0.459 e. The van der Waals surface area contributed by atoms with Crippen LogP contribution in [0, 0.1) is 0 Å². The van der Waals surface area contributed by atoms with E-state index in [9.17, 15) is 9.59 Å². The Labute approximate surface area is 151 Å². The second-order valence-corrected chi connectivity index (χ2v) is 7.02. The lowest BCUT2D eigenvalue weighted by Gasteiger charge is -2.24. The van der Waals surface area contributed by atoms with E-state index in [1.54, 1.807) is 24.3 Å². The SMILES string of the molecule is CCCCC(Br)(C(=O)OCc1ccccc1)C(=O)c1ccccc1. The maximum Gasteiger partial charge on any atom is 0.331 e. The van der Waals surface area contributed by atoms with Crippen LogP contribution in [0.4, 0.5) is 0 Å². The maximum absolute atomic E-state index is 12.9. The average molecular weight is 389 g/mol. The van der Waals surface area contributed by atoms with Gasteiger partial charge in [-0.05, 0) is 12.0 Å². The van der Waals surface area contributed by atoms with Crippen LogP contribution in [0.5, 0.6) is 0 Å². The first-order valence-electron chi connectivity index (χ1n) is 8.08. The smallest absolute Gasteiger partial charge is 0.331 e. The lowest BCUT2D eigenvalue weighted by Crippen LogP contribution is -2.42. The molecule has 3 nitrogen and oxygen atoms in total. The molecule has 0 aliphatic heterocycles. The van der Waals surface area contributed by atoms with E-state index in [1.165, 1.54) is 0 Å². The molecule has 0 aliphatic carbocycles. The molecule has 4 heteroatoms. The van der Waals surface area contributed by atoms with Gasteiger partial charge >= 0.3 is 5.97 Å². The van der Waals surface area contributed by atoms with Crippen LogP contribution in [0.15, 0.2) is 60.7 Å². The fourth-order valence-corrected chi connectivity index (χ4v) is 3.01. The Morgan fingerprint density at radius 2 is 1.58 bits per heavy atom. The predicted octanol–water partition coefficient (Wildman–Crippen LogP) is 4.94. The van der Waals surface area contributed by atoms with Crippen molar-refractivity contribution in [2.24, 2.45) is 0 Å². The molecule has 0 bridgehead atoms. The monoisotopic (exact) mass is 388 g/mol. The molecule has 0 N–H and O–H groups in total. The molecule has 0 heterocycles. The van der Waals surface area contributed by atoms with Gasteiger partial charge in [0.1, 0.15) is 6.61 Å². The standard InChI is InChI=1S/C20H21BrO3/c1-2-3-14-20(21,18(22)17-12-8-5-9-13-17)19(23)24-15-16-10-6-4-7-11-16/h4-13H,2-3,14-15H2,1H3. The number of halogens is 1. The number of carbonyl (C=O) groups is 2. The van der Waals surface area contributed by atoms with E-state index >= 15 is 0 Å². The number of rotatable bonds is 8. The van der Waals surface area contributed by atoms with Crippen LogP contribution < -0.4 is 0 Å². The number of ketones is 1. The van der Waals surface area contributed by atoms with E-state index in [1.807, 2.05) is 43.3 Å². The molecule has 0 saturated carbocycles. The Kier molecular flexibility index (Phi) is 6.73. The summed E-state index contributed by atoms with van der Waals surface area (Å²) in [5, 5.41) is 0. The van der Waals surface area contributed by atoms with E-state index in [-0.39, 0.29) is 12.4 Å². The number of hydrogen-bond donors (Lipinski definition) is 0. The van der Waals surface area contributed by atoms with Crippen molar-refractivity contribution in [1.82, 2.24) is 0 Å². The van der Waals surface area contributed by atoms with Crippen LogP contribution in [-0.2, 0) is 16.1 Å². The summed E-state index contributed by atoms with van der Waals surface area (Å²) in [7, 11) is 0. The molecule has 126 valence electrons. The van der Waals surface area contributed by atoms with Crippen molar-refractivity contribution in [3.8, 4) is 0 Å². The Hall–Kier alpha value is -1.94. The highest BCUT2D eigenvalue weighted by molar-refractivity contribution is 9.10. The first-order valence-corrected chi connectivity index (χ1v) is 8.87. The normalized spacial score (nSPS) is 13.1. The number of hydrogen-bond acceptors (Lipinski definition) is 3. The van der Waals surface area contributed by atoms with Crippen LogP contribution >= 0.6 is 15.9 Å². The molecule has 0 aliphatic rings. The molecule has 0 amide bonds. The van der Waals surface area contributed by atoms with Crippen molar-refractivity contribution in [3.63, 3.8) is 0 Å². The number of alkyl halides is 1. The predicted molar refractivity (Wildman–Crippen MR) is 98.2 cm³/mol. The van der Waals surface area contributed by atoms with Gasteiger partial charge < -0.3 is 4.74 Å². The molecule has 2 aromatic rings. The number of ether oxygens (including phenoxy) is 1. The van der Waals surface area contributed by atoms with Crippen LogP contribution in [0.25, 0.3) is 0 Å². The first-order chi connectivity index (χ1) is 11.6. The van der Waals surface area contributed by atoms with Crippen molar-refractivity contribution in [3.05, 3.63) is 71.8 Å². The molecular formula is C20H21BrO3. The highest BCUT2D eigenvalue weighted by Crippen LogP contribution is 2.31. The van der Waals surface area contributed by atoms with Crippen molar-refractivity contribution in [1.29, 1.82) is 0 Å². The quantitative estimate of drug-likeness (QED) is 0.278. The minimum atomic E-state index is -1.33. The lowest BCUT2D eigenvalue weighted by atomic mass is 9.92. The number of benzene rings is 2. The van der Waals surface area contributed by atoms with Crippen LogP contribution in [0.1, 0.15) is 42.1 Å². The molecule has 2 rings (SSSR count). The van der Waals surface area contributed by atoms with Crippen molar-refractivity contribution in [2.45, 2.75) is 37.1 Å². The Balaban J connectivity index is 2.16. The van der Waals surface area contributed by atoms with Crippen LogP contribution in [-0.4, -0.2) is 16.1 Å². The highest BCUT2D eigenvalue weighted by atomic mass is 79.9. The van der Waals surface area contributed by atoms with Gasteiger partial charge in [-0.15, -0.1) is 0 Å². The Bertz CT molecular complexity index is 670. The third-order valence-electron chi connectivity index (χ3n) is 3.81. The number of Topliss-reactive ketones (excluding diaryl/α,β-unsaturated/α-hetero) is 1. The van der Waals surface area contributed by atoms with Gasteiger partial charge in [-0.2, -0.15) is 0 Å². The van der Waals surface area contributed by atoms with Gasteiger partial charge in [-0.1, -0.05) is 96.4 Å². The van der Waals surface area contributed by atoms with Crippen molar-refractivity contribution in [2.75, 3.05) is 0 Å². The van der Waals surface area contributed by atoms with Crippen LogP contribution in [0.2, 0.25) is 0 Å². The van der Waals surface area contributed by atoms with Gasteiger partial charge in [0, 0.05) is 5.56 Å². The van der Waals surface area contributed by atoms with Crippen molar-refractivity contribution < 1.29 is 14.3 Å². The van der Waals surface area contributed by atoms with Gasteiger partial charge in [0.2, 0.25) is 0 Å². The summed E-state index contributed by atoms with van der Waals surface area (Å²) in [4.78, 5) is 25.5. The van der Waals surface area contributed by atoms with Gasteiger partial charge in [0.15, 0.2) is 10.1 Å². The molecule has 0 spiro atoms. The molecule has 1 atom stereocenters. The summed E-state index contributed by atoms with van der Waals surface area (Å²) in [5.74, 6) is -0.789. The molecule has 0 radical (unpaired) electrons. The highest BCUT2D eigenvalue weighted by Gasteiger charge is 2.44. The molecule has 0 fully saturated rings. The summed E-state index contributed by atoms with van der Waals surface area (Å²) >= 11 is 3.40. The second kappa shape index (κ2) is 8.78. The number of carbonyl (C=O) groups excluding carboxylic acids is 2. The first kappa shape index (κ1) is 18.4. The summed E-state index contributed by atoms with van der Waals surface area (Å²) in [6, 6.07) is 18.3. The maximum atomic E-state index is 12.9. The zero-order valence-electron chi connectivity index (χ0n) is 13.7. The van der Waals surface area contributed by atoms with Gasteiger partial charge in [-0.25, -0.2) is 0 Å². The summed E-state index contributed by atoms with van der Waals surface area (Å²) in [6.45, 7) is 2.18. The Morgan fingerprint density at radius 1 is 1.00 bits per heavy atom. The zero-order valence-corrected chi connectivity index (χ0v) is 15.3. The van der Waals surface area contributed by atoms with Gasteiger partial charge in [0.05, 0.1) is 0 Å². The number of esters is 1. The van der Waals surface area contributed by atoms with E-state index in [0.717, 1.165) is 18.4 Å². The van der Waals surface area contributed by atoms with E-state index in [4.69, 9.17) is 4.74 Å². The lowest BCUT2D eigenvalue weighted by molar-refractivity contribution is -0.146. The van der Waals surface area contributed by atoms with Crippen LogP contribution in [0.3, 0.4) is 0 Å². The molecular weight excluding hydrogens is 368 g/mol. The second-order valence-electron chi connectivity index (χ2n) is 5.66. The number of unbranched alkanes of at least 4 members (excludes halogenated alkanes) is 1. The minimum Gasteiger partial charge on any atom is -0.459 e. The van der Waals surface area contributed by atoms with Gasteiger partial charge in [-0.3, -0.25) is 9.59 Å². The third-order valence-corrected chi connectivity index (χ3v) is 4.89. The minimum absolute atomic E-state index is 0.154. The summed E-state index contributed by atoms with van der Waals surface area (Å²) < 4.78 is 4.09. The van der Waals surface area contributed by atoms with E-state index in [2.05, 4.69) is 15.9 Å². The zero-order chi connectivity index (χ0) is 17.4. The topological polar surface area (TPSA) is 43.4 Å². The third kappa shape index (κ3) is 4.54. The molecule has 0 aromatic heterocycles. The fourth-order valence-electron chi connectivity index (χ4n) is 2.38. The molecule has 2 aromatic carbocycles. The molecule has 1 unspecified atom stereocenters. The van der Waals surface area contributed by atoms with Crippen molar-refractivity contribution >= 4 is 27.7 Å². The van der Waals surface area contributed by atoms with E-state index < -0.39 is 10.3 Å². The summed E-state index contributed by atoms with van der Waals surface area (Å²) in [5.41, 5.74) is 1.39. The summed E-state index contributed by atoms with van der Waals surface area (Å²) in [6.07, 6.45) is 2.05. The van der Waals surface area contributed by atoms with E-state index in [0.29, 0.717) is 12.0 Å². The fraction of sp³-hybridized carbons (Fsp3) is 0.300. The molecule has 24 heavy (non-hydrogen) atoms. The van der Waals surface area contributed by atoms with Gasteiger partial charge in [0.25, 0.3) is 0 Å². The molecule has 0 saturated heterocycles. The average Bonchev–Trinajstić information content (AvgIpc) is 2.65.